The summed E-state index contributed by atoms with van der Waals surface area (Å²) in [6, 6.07) is 0. The van der Waals surface area contributed by atoms with Crippen molar-refractivity contribution >= 4 is 17.8 Å². The number of amides is 2. The number of nitrogens with one attached hydrogen (secondary N) is 1. The van der Waals surface area contributed by atoms with E-state index in [1.807, 2.05) is 11.8 Å². The number of ether oxygens (including phenoxy) is 1. The number of rotatable bonds is 7. The number of likely N-dealkylation sites (tertiary alicyclic amines) is 1. The molecule has 1 aromatic rings. The summed E-state index contributed by atoms with van der Waals surface area (Å²) in [7, 11) is 0. The van der Waals surface area contributed by atoms with Gasteiger partial charge in [0.15, 0.2) is 0 Å². The van der Waals surface area contributed by atoms with E-state index in [1.54, 1.807) is 17.1 Å². The van der Waals surface area contributed by atoms with Crippen LogP contribution in [0.2, 0.25) is 0 Å². The zero-order valence-electron chi connectivity index (χ0n) is 13.2. The highest BCUT2D eigenvalue weighted by Crippen LogP contribution is 2.23. The average Bonchev–Trinajstić information content (AvgIpc) is 3.05. The van der Waals surface area contributed by atoms with E-state index >= 15 is 0 Å². The zero-order valence-corrected chi connectivity index (χ0v) is 13.2. The van der Waals surface area contributed by atoms with Crippen molar-refractivity contribution in [1.82, 2.24) is 14.5 Å². The van der Waals surface area contributed by atoms with Crippen molar-refractivity contribution < 1.29 is 14.3 Å². The molecule has 7 heteroatoms. The van der Waals surface area contributed by atoms with Crippen molar-refractivity contribution in [2.75, 3.05) is 18.5 Å². The monoisotopic (exact) mass is 308 g/mol. The minimum absolute atomic E-state index is 0.159. The molecule has 1 fully saturated rings. The Balaban J connectivity index is 1.92. The van der Waals surface area contributed by atoms with Gasteiger partial charge in [0.2, 0.25) is 5.91 Å². The van der Waals surface area contributed by atoms with Crippen LogP contribution < -0.4 is 5.32 Å². The summed E-state index contributed by atoms with van der Waals surface area (Å²) < 4.78 is 6.74. The molecule has 1 unspecified atom stereocenters. The standard InChI is InChI=1S/C15H24N4O3/c1-3-5-12-7-14(20)18(9-12)11-19-10-16-8-13(19)17-15(21)22-6-4-2/h8,10,12H,3-7,9,11H2,1-2H3,(H,17,21). The highest BCUT2D eigenvalue weighted by molar-refractivity contribution is 5.83. The number of imidazole rings is 1. The molecule has 122 valence electrons. The number of carbonyl (C=O) groups is 2. The lowest BCUT2D eigenvalue weighted by atomic mass is 10.0. The third-order valence-corrected chi connectivity index (χ3v) is 3.69. The van der Waals surface area contributed by atoms with Gasteiger partial charge in [-0.3, -0.25) is 14.7 Å². The number of carbonyl (C=O) groups excluding carboxylic acids is 2. The van der Waals surface area contributed by atoms with Gasteiger partial charge in [0.05, 0.1) is 19.1 Å². The summed E-state index contributed by atoms with van der Waals surface area (Å²) in [5.41, 5.74) is 0. The van der Waals surface area contributed by atoms with E-state index in [2.05, 4.69) is 17.2 Å². The van der Waals surface area contributed by atoms with E-state index < -0.39 is 6.09 Å². The second-order valence-corrected chi connectivity index (χ2v) is 5.63. The smallest absolute Gasteiger partial charge is 0.412 e. The van der Waals surface area contributed by atoms with Crippen LogP contribution in [0.5, 0.6) is 0 Å². The highest BCUT2D eigenvalue weighted by Gasteiger charge is 2.29. The molecule has 2 heterocycles. The van der Waals surface area contributed by atoms with E-state index in [-0.39, 0.29) is 5.91 Å². The maximum absolute atomic E-state index is 12.0. The molecule has 1 atom stereocenters. The van der Waals surface area contributed by atoms with Gasteiger partial charge in [-0.05, 0) is 18.8 Å². The van der Waals surface area contributed by atoms with E-state index in [0.29, 0.717) is 31.4 Å². The van der Waals surface area contributed by atoms with E-state index in [9.17, 15) is 9.59 Å². The SMILES string of the molecule is CCCOC(=O)Nc1cncn1CN1CC(CCC)CC1=O. The number of hydrogen-bond acceptors (Lipinski definition) is 4. The molecule has 1 saturated heterocycles. The zero-order chi connectivity index (χ0) is 15.9. The molecule has 22 heavy (non-hydrogen) atoms. The summed E-state index contributed by atoms with van der Waals surface area (Å²) in [6.45, 7) is 5.62. The Morgan fingerprint density at radius 3 is 3.00 bits per heavy atom. The van der Waals surface area contributed by atoms with Gasteiger partial charge >= 0.3 is 6.09 Å². The number of hydrogen-bond donors (Lipinski definition) is 1. The Morgan fingerprint density at radius 1 is 1.45 bits per heavy atom. The minimum atomic E-state index is -0.500. The average molecular weight is 308 g/mol. The van der Waals surface area contributed by atoms with E-state index in [0.717, 1.165) is 25.8 Å². The molecule has 0 spiro atoms. The van der Waals surface area contributed by atoms with Crippen LogP contribution in [0, 0.1) is 5.92 Å². The van der Waals surface area contributed by atoms with Crippen LogP contribution in [0.3, 0.4) is 0 Å². The van der Waals surface area contributed by atoms with Gasteiger partial charge in [-0.15, -0.1) is 0 Å². The molecular formula is C15H24N4O3. The lowest BCUT2D eigenvalue weighted by Gasteiger charge is -2.19. The third-order valence-electron chi connectivity index (χ3n) is 3.69. The second-order valence-electron chi connectivity index (χ2n) is 5.63. The van der Waals surface area contributed by atoms with Crippen LogP contribution in [0.25, 0.3) is 0 Å². The molecule has 0 bridgehead atoms. The van der Waals surface area contributed by atoms with Gasteiger partial charge in [-0.25, -0.2) is 9.78 Å². The summed E-state index contributed by atoms with van der Waals surface area (Å²) in [4.78, 5) is 29.5. The molecule has 0 radical (unpaired) electrons. The Bertz CT molecular complexity index is 515. The van der Waals surface area contributed by atoms with Gasteiger partial charge in [0, 0.05) is 13.0 Å². The Hall–Kier alpha value is -2.05. The highest BCUT2D eigenvalue weighted by atomic mass is 16.5. The third kappa shape index (κ3) is 4.22. The number of nitrogens with zero attached hydrogens (tertiary/aromatic N) is 3. The van der Waals surface area contributed by atoms with Gasteiger partial charge < -0.3 is 9.64 Å². The summed E-state index contributed by atoms with van der Waals surface area (Å²) in [5.74, 6) is 1.13. The summed E-state index contributed by atoms with van der Waals surface area (Å²) >= 11 is 0. The lowest BCUT2D eigenvalue weighted by molar-refractivity contribution is -0.129. The Morgan fingerprint density at radius 2 is 2.27 bits per heavy atom. The molecular weight excluding hydrogens is 284 g/mol. The van der Waals surface area contributed by atoms with Crippen molar-refractivity contribution in [3.63, 3.8) is 0 Å². The quantitative estimate of drug-likeness (QED) is 0.839. The first-order chi connectivity index (χ1) is 10.6. The fourth-order valence-corrected chi connectivity index (χ4v) is 2.65. The first kappa shape index (κ1) is 16.3. The van der Waals surface area contributed by atoms with Gasteiger partial charge in [-0.1, -0.05) is 20.3 Å². The maximum atomic E-state index is 12.0. The van der Waals surface area contributed by atoms with E-state index in [1.165, 1.54) is 0 Å². The van der Waals surface area contributed by atoms with Crippen molar-refractivity contribution in [3.8, 4) is 0 Å². The van der Waals surface area contributed by atoms with Crippen LogP contribution in [-0.2, 0) is 16.2 Å². The summed E-state index contributed by atoms with van der Waals surface area (Å²) in [5, 5.41) is 2.65. The largest absolute Gasteiger partial charge is 0.449 e. The van der Waals surface area contributed by atoms with Crippen LogP contribution in [0.15, 0.2) is 12.5 Å². The van der Waals surface area contributed by atoms with Gasteiger partial charge in [0.25, 0.3) is 0 Å². The number of anilines is 1. The Labute approximate surface area is 130 Å². The molecule has 1 aliphatic rings. The molecule has 2 amide bonds. The minimum Gasteiger partial charge on any atom is -0.449 e. The fourth-order valence-electron chi connectivity index (χ4n) is 2.65. The van der Waals surface area contributed by atoms with Crippen molar-refractivity contribution in [2.24, 2.45) is 5.92 Å². The van der Waals surface area contributed by atoms with Crippen molar-refractivity contribution in [3.05, 3.63) is 12.5 Å². The molecule has 0 aliphatic carbocycles. The van der Waals surface area contributed by atoms with Gasteiger partial charge in [-0.2, -0.15) is 0 Å². The molecule has 1 aromatic heterocycles. The van der Waals surface area contributed by atoms with Crippen LogP contribution in [0.4, 0.5) is 10.6 Å². The maximum Gasteiger partial charge on any atom is 0.412 e. The van der Waals surface area contributed by atoms with Crippen LogP contribution >= 0.6 is 0 Å². The molecule has 0 aromatic carbocycles. The Kier molecular flexibility index (Phi) is 5.80. The molecule has 2 rings (SSSR count). The topological polar surface area (TPSA) is 76.5 Å². The number of aromatic nitrogens is 2. The fraction of sp³-hybridized carbons (Fsp3) is 0.667. The van der Waals surface area contributed by atoms with E-state index in [4.69, 9.17) is 4.74 Å². The molecule has 7 nitrogen and oxygen atoms in total. The first-order valence-electron chi connectivity index (χ1n) is 7.85. The van der Waals surface area contributed by atoms with Crippen LogP contribution in [-0.4, -0.2) is 39.6 Å². The normalized spacial score (nSPS) is 17.8. The predicted octanol–water partition coefficient (Wildman–Crippen LogP) is 2.45. The molecule has 1 aliphatic heterocycles. The van der Waals surface area contributed by atoms with Crippen molar-refractivity contribution in [1.29, 1.82) is 0 Å². The van der Waals surface area contributed by atoms with Crippen molar-refractivity contribution in [2.45, 2.75) is 46.2 Å². The second kappa shape index (κ2) is 7.82. The van der Waals surface area contributed by atoms with Crippen LogP contribution in [0.1, 0.15) is 39.5 Å². The van der Waals surface area contributed by atoms with Gasteiger partial charge in [0.1, 0.15) is 12.5 Å². The molecule has 1 N–H and O–H groups in total. The predicted molar refractivity (Wildman–Crippen MR) is 82.2 cm³/mol. The first-order valence-corrected chi connectivity index (χ1v) is 7.85. The molecule has 0 saturated carbocycles. The lowest BCUT2D eigenvalue weighted by Crippen LogP contribution is -2.29. The summed E-state index contributed by atoms with van der Waals surface area (Å²) in [6.07, 6.45) is 6.21.